The molecule has 0 aliphatic carbocycles. The molecule has 0 aliphatic rings. The van der Waals surface area contributed by atoms with Gasteiger partial charge in [-0.3, -0.25) is 0 Å². The molecular weight excluding hydrogens is 248 g/mol. The van der Waals surface area contributed by atoms with Crippen LogP contribution in [0, 0.1) is 0 Å². The lowest BCUT2D eigenvalue weighted by atomic mass is 10.1. The Morgan fingerprint density at radius 2 is 2.17 bits per heavy atom. The Labute approximate surface area is 112 Å². The molecule has 96 valence electrons. The first-order chi connectivity index (χ1) is 8.58. The van der Waals surface area contributed by atoms with Crippen molar-refractivity contribution in [3.63, 3.8) is 0 Å². The van der Waals surface area contributed by atoms with Gasteiger partial charge in [0.15, 0.2) is 0 Å². The lowest BCUT2D eigenvalue weighted by Crippen LogP contribution is -2.16. The molecule has 0 saturated carbocycles. The quantitative estimate of drug-likeness (QED) is 0.918. The highest BCUT2D eigenvalue weighted by atomic mass is 35.5. The molecule has 0 fully saturated rings. The zero-order valence-electron chi connectivity index (χ0n) is 10.6. The summed E-state index contributed by atoms with van der Waals surface area (Å²) in [5.74, 6) is 0. The SMILES string of the molecule is C[C@H](N)c1ccc(N(C)Cc2ccoc2)c(Cl)c1. The monoisotopic (exact) mass is 264 g/mol. The average molecular weight is 265 g/mol. The van der Waals surface area contributed by atoms with E-state index in [1.54, 1.807) is 12.5 Å². The molecule has 18 heavy (non-hydrogen) atoms. The van der Waals surface area contributed by atoms with Crippen molar-refractivity contribution in [2.24, 2.45) is 5.73 Å². The zero-order chi connectivity index (χ0) is 13.1. The summed E-state index contributed by atoms with van der Waals surface area (Å²) in [5, 5.41) is 0.718. The van der Waals surface area contributed by atoms with Gasteiger partial charge in [0.05, 0.1) is 23.2 Å². The first-order valence-electron chi connectivity index (χ1n) is 5.85. The van der Waals surface area contributed by atoms with Crippen LogP contribution in [0.1, 0.15) is 24.1 Å². The number of furan rings is 1. The number of anilines is 1. The first-order valence-corrected chi connectivity index (χ1v) is 6.23. The molecule has 0 amide bonds. The number of hydrogen-bond donors (Lipinski definition) is 1. The minimum atomic E-state index is -0.00395. The summed E-state index contributed by atoms with van der Waals surface area (Å²) in [6, 6.07) is 7.88. The Kier molecular flexibility index (Phi) is 3.94. The fourth-order valence-corrected chi connectivity index (χ4v) is 2.19. The second-order valence-electron chi connectivity index (χ2n) is 4.49. The molecule has 0 radical (unpaired) electrons. The molecule has 1 aromatic carbocycles. The van der Waals surface area contributed by atoms with Crippen molar-refractivity contribution >= 4 is 17.3 Å². The van der Waals surface area contributed by atoms with Crippen LogP contribution in [0.15, 0.2) is 41.2 Å². The number of benzene rings is 1. The number of nitrogens with two attached hydrogens (primary N) is 1. The number of halogens is 1. The van der Waals surface area contributed by atoms with E-state index in [2.05, 4.69) is 4.90 Å². The third kappa shape index (κ3) is 2.86. The summed E-state index contributed by atoms with van der Waals surface area (Å²) in [7, 11) is 2.00. The van der Waals surface area contributed by atoms with E-state index in [0.29, 0.717) is 0 Å². The topological polar surface area (TPSA) is 42.4 Å². The van der Waals surface area contributed by atoms with Crippen LogP contribution in [0.5, 0.6) is 0 Å². The van der Waals surface area contributed by atoms with E-state index in [9.17, 15) is 0 Å². The third-order valence-corrected chi connectivity index (χ3v) is 3.21. The van der Waals surface area contributed by atoms with Crippen molar-refractivity contribution < 1.29 is 4.42 Å². The van der Waals surface area contributed by atoms with Crippen molar-refractivity contribution in [2.45, 2.75) is 19.5 Å². The maximum Gasteiger partial charge on any atom is 0.0952 e. The van der Waals surface area contributed by atoms with Gasteiger partial charge in [0.25, 0.3) is 0 Å². The largest absolute Gasteiger partial charge is 0.472 e. The summed E-state index contributed by atoms with van der Waals surface area (Å²) in [5.41, 5.74) is 8.98. The van der Waals surface area contributed by atoms with Crippen LogP contribution in [-0.2, 0) is 6.54 Å². The van der Waals surface area contributed by atoms with Crippen molar-refractivity contribution in [1.82, 2.24) is 0 Å². The van der Waals surface area contributed by atoms with E-state index in [1.807, 2.05) is 38.2 Å². The molecule has 0 unspecified atom stereocenters. The summed E-state index contributed by atoms with van der Waals surface area (Å²) >= 11 is 6.29. The van der Waals surface area contributed by atoms with Crippen molar-refractivity contribution in [2.75, 3.05) is 11.9 Å². The molecule has 2 rings (SSSR count). The molecule has 0 bridgehead atoms. The van der Waals surface area contributed by atoms with E-state index in [0.717, 1.165) is 28.4 Å². The molecule has 1 aromatic heterocycles. The molecule has 4 heteroatoms. The summed E-state index contributed by atoms with van der Waals surface area (Å²) < 4.78 is 5.06. The Morgan fingerprint density at radius 3 is 2.72 bits per heavy atom. The fourth-order valence-electron chi connectivity index (χ4n) is 1.86. The van der Waals surface area contributed by atoms with Crippen LogP contribution in [-0.4, -0.2) is 7.05 Å². The molecule has 2 N–H and O–H groups in total. The van der Waals surface area contributed by atoms with Crippen LogP contribution in [0.3, 0.4) is 0 Å². The maximum atomic E-state index is 6.29. The first kappa shape index (κ1) is 13.0. The zero-order valence-corrected chi connectivity index (χ0v) is 11.3. The lowest BCUT2D eigenvalue weighted by Gasteiger charge is -2.20. The Balaban J connectivity index is 2.17. The van der Waals surface area contributed by atoms with Crippen molar-refractivity contribution in [3.8, 4) is 0 Å². The molecule has 2 aromatic rings. The van der Waals surface area contributed by atoms with Gasteiger partial charge in [0.2, 0.25) is 0 Å². The van der Waals surface area contributed by atoms with Gasteiger partial charge in [-0.1, -0.05) is 17.7 Å². The molecule has 0 saturated heterocycles. The predicted molar refractivity (Wildman–Crippen MR) is 74.9 cm³/mol. The van der Waals surface area contributed by atoms with E-state index >= 15 is 0 Å². The molecule has 1 atom stereocenters. The lowest BCUT2D eigenvalue weighted by molar-refractivity contribution is 0.563. The summed E-state index contributed by atoms with van der Waals surface area (Å²) in [6.07, 6.45) is 3.41. The third-order valence-electron chi connectivity index (χ3n) is 2.91. The Bertz CT molecular complexity index is 509. The van der Waals surface area contributed by atoms with Crippen molar-refractivity contribution in [1.29, 1.82) is 0 Å². The van der Waals surface area contributed by atoms with E-state index in [4.69, 9.17) is 21.8 Å². The molecule has 0 aliphatic heterocycles. The fraction of sp³-hybridized carbons (Fsp3) is 0.286. The molecule has 1 heterocycles. The highest BCUT2D eigenvalue weighted by Crippen LogP contribution is 2.28. The van der Waals surface area contributed by atoms with Gasteiger partial charge < -0.3 is 15.1 Å². The summed E-state index contributed by atoms with van der Waals surface area (Å²) in [6.45, 7) is 2.70. The normalized spacial score (nSPS) is 12.4. The Hall–Kier alpha value is -1.45. The highest BCUT2D eigenvalue weighted by Gasteiger charge is 2.09. The number of hydrogen-bond acceptors (Lipinski definition) is 3. The second-order valence-corrected chi connectivity index (χ2v) is 4.89. The minimum Gasteiger partial charge on any atom is -0.472 e. The van der Waals surface area contributed by atoms with Gasteiger partial charge >= 0.3 is 0 Å². The molecular formula is C14H17ClN2O. The average Bonchev–Trinajstić information content (AvgIpc) is 2.81. The van der Waals surface area contributed by atoms with E-state index in [-0.39, 0.29) is 6.04 Å². The van der Waals surface area contributed by atoms with Crippen LogP contribution in [0.4, 0.5) is 5.69 Å². The Morgan fingerprint density at radius 1 is 1.39 bits per heavy atom. The second kappa shape index (κ2) is 5.46. The highest BCUT2D eigenvalue weighted by molar-refractivity contribution is 6.33. The van der Waals surface area contributed by atoms with Gasteiger partial charge in [0, 0.05) is 25.2 Å². The van der Waals surface area contributed by atoms with Gasteiger partial charge in [-0.25, -0.2) is 0 Å². The molecule has 0 spiro atoms. The number of nitrogens with zero attached hydrogens (tertiary/aromatic N) is 1. The minimum absolute atomic E-state index is 0.00395. The van der Waals surface area contributed by atoms with Gasteiger partial charge in [-0.05, 0) is 30.7 Å². The van der Waals surface area contributed by atoms with E-state index in [1.165, 1.54) is 0 Å². The van der Waals surface area contributed by atoms with Crippen molar-refractivity contribution in [3.05, 3.63) is 52.9 Å². The van der Waals surface area contributed by atoms with Crippen LogP contribution in [0.25, 0.3) is 0 Å². The smallest absolute Gasteiger partial charge is 0.0952 e. The van der Waals surface area contributed by atoms with Crippen LogP contribution >= 0.6 is 11.6 Å². The summed E-state index contributed by atoms with van der Waals surface area (Å²) in [4.78, 5) is 2.08. The van der Waals surface area contributed by atoms with Crippen LogP contribution in [0.2, 0.25) is 5.02 Å². The van der Waals surface area contributed by atoms with Gasteiger partial charge in [0.1, 0.15) is 0 Å². The predicted octanol–water partition coefficient (Wildman–Crippen LogP) is 3.59. The van der Waals surface area contributed by atoms with Gasteiger partial charge in [-0.15, -0.1) is 0 Å². The van der Waals surface area contributed by atoms with Crippen LogP contribution < -0.4 is 10.6 Å². The van der Waals surface area contributed by atoms with E-state index < -0.39 is 0 Å². The molecule has 3 nitrogen and oxygen atoms in total. The standard InChI is InChI=1S/C14H17ClN2O/c1-10(16)12-3-4-14(13(15)7-12)17(2)8-11-5-6-18-9-11/h3-7,9-10H,8,16H2,1-2H3/t10-/m0/s1. The maximum absolute atomic E-state index is 6.29. The van der Waals surface area contributed by atoms with Gasteiger partial charge in [-0.2, -0.15) is 0 Å². The number of rotatable bonds is 4.